The molecule has 0 fully saturated rings. The summed E-state index contributed by atoms with van der Waals surface area (Å²) in [5.41, 5.74) is 3.02. The van der Waals surface area contributed by atoms with E-state index in [1.807, 2.05) is 32.0 Å². The van der Waals surface area contributed by atoms with Crippen LogP contribution in [0.15, 0.2) is 36.4 Å². The second-order valence-corrected chi connectivity index (χ2v) is 4.64. The van der Waals surface area contributed by atoms with Gasteiger partial charge in [0.25, 0.3) is 0 Å². The topological polar surface area (TPSA) is 81.6 Å². The van der Waals surface area contributed by atoms with Gasteiger partial charge in [-0.05, 0) is 31.0 Å². The first kappa shape index (κ1) is 13.7. The first-order chi connectivity index (χ1) is 9.44. The normalized spacial score (nSPS) is 10.1. The van der Waals surface area contributed by atoms with Crippen molar-refractivity contribution >= 4 is 17.4 Å². The van der Waals surface area contributed by atoms with Crippen molar-refractivity contribution in [2.75, 3.05) is 10.6 Å². The molecular weight excluding hydrogens is 256 g/mol. The van der Waals surface area contributed by atoms with Crippen LogP contribution in [0, 0.1) is 13.8 Å². The van der Waals surface area contributed by atoms with E-state index in [9.17, 15) is 15.0 Å². The lowest BCUT2D eigenvalue weighted by molar-refractivity contribution is 0.262. The van der Waals surface area contributed by atoms with Crippen LogP contribution in [0.2, 0.25) is 0 Å². The summed E-state index contributed by atoms with van der Waals surface area (Å²) in [6.07, 6.45) is 0. The van der Waals surface area contributed by atoms with Gasteiger partial charge in [0.1, 0.15) is 11.5 Å². The molecule has 0 aromatic heterocycles. The Bertz CT molecular complexity index is 633. The summed E-state index contributed by atoms with van der Waals surface area (Å²) in [7, 11) is 0. The third kappa shape index (κ3) is 3.41. The highest BCUT2D eigenvalue weighted by atomic mass is 16.3. The van der Waals surface area contributed by atoms with E-state index < -0.39 is 6.03 Å². The number of benzene rings is 2. The molecule has 20 heavy (non-hydrogen) atoms. The zero-order valence-corrected chi connectivity index (χ0v) is 11.3. The Kier molecular flexibility index (Phi) is 3.79. The number of carbonyl (C=O) groups excluding carboxylic acids is 1. The summed E-state index contributed by atoms with van der Waals surface area (Å²) < 4.78 is 0. The summed E-state index contributed by atoms with van der Waals surface area (Å²) in [5.74, 6) is -0.237. The molecule has 0 aliphatic rings. The molecule has 0 bridgehead atoms. The maximum absolute atomic E-state index is 11.9. The summed E-state index contributed by atoms with van der Waals surface area (Å²) in [6.45, 7) is 3.84. The molecule has 0 unspecified atom stereocenters. The van der Waals surface area contributed by atoms with Crippen LogP contribution in [-0.2, 0) is 0 Å². The second-order valence-electron chi connectivity index (χ2n) is 4.64. The van der Waals surface area contributed by atoms with Gasteiger partial charge in [-0.25, -0.2) is 4.79 Å². The van der Waals surface area contributed by atoms with Crippen LogP contribution in [0.4, 0.5) is 16.2 Å². The Morgan fingerprint density at radius 2 is 1.60 bits per heavy atom. The molecule has 0 saturated carbocycles. The highest BCUT2D eigenvalue weighted by Crippen LogP contribution is 2.24. The Morgan fingerprint density at radius 3 is 2.25 bits per heavy atom. The molecule has 0 saturated heterocycles. The summed E-state index contributed by atoms with van der Waals surface area (Å²) in [5, 5.41) is 24.0. The fourth-order valence-corrected chi connectivity index (χ4v) is 1.82. The highest BCUT2D eigenvalue weighted by molar-refractivity contribution is 6.00. The number of rotatable bonds is 2. The molecule has 5 heteroatoms. The number of aryl methyl sites for hydroxylation is 2. The number of carbonyl (C=O) groups is 1. The van der Waals surface area contributed by atoms with Gasteiger partial charge in [-0.15, -0.1) is 0 Å². The van der Waals surface area contributed by atoms with Crippen molar-refractivity contribution < 1.29 is 15.0 Å². The van der Waals surface area contributed by atoms with Gasteiger partial charge < -0.3 is 20.8 Å². The zero-order valence-electron chi connectivity index (χ0n) is 11.3. The lowest BCUT2D eigenvalue weighted by Crippen LogP contribution is -2.20. The number of phenols is 2. The average Bonchev–Trinajstić information content (AvgIpc) is 2.32. The van der Waals surface area contributed by atoms with Gasteiger partial charge in [-0.1, -0.05) is 12.1 Å². The van der Waals surface area contributed by atoms with Gasteiger partial charge in [0, 0.05) is 29.6 Å². The molecule has 2 aromatic carbocycles. The van der Waals surface area contributed by atoms with Crippen LogP contribution in [0.3, 0.4) is 0 Å². The molecule has 0 aliphatic heterocycles. The maximum Gasteiger partial charge on any atom is 0.323 e. The maximum atomic E-state index is 11.9. The number of phenolic OH excluding ortho intramolecular Hbond substituents is 2. The molecule has 5 nitrogen and oxygen atoms in total. The average molecular weight is 272 g/mol. The third-order valence-electron chi connectivity index (χ3n) is 2.80. The molecule has 0 aliphatic carbocycles. The Labute approximate surface area is 116 Å². The highest BCUT2D eigenvalue weighted by Gasteiger charge is 2.07. The lowest BCUT2D eigenvalue weighted by atomic mass is 10.1. The number of nitrogens with one attached hydrogen (secondary N) is 2. The minimum Gasteiger partial charge on any atom is -0.508 e. The molecule has 4 N–H and O–H groups in total. The number of hydrogen-bond acceptors (Lipinski definition) is 3. The van der Waals surface area contributed by atoms with Gasteiger partial charge in [0.15, 0.2) is 0 Å². The largest absolute Gasteiger partial charge is 0.508 e. The van der Waals surface area contributed by atoms with Gasteiger partial charge in [-0.3, -0.25) is 0 Å². The smallest absolute Gasteiger partial charge is 0.323 e. The number of urea groups is 1. The zero-order chi connectivity index (χ0) is 14.7. The fraction of sp³-hybridized carbons (Fsp3) is 0.133. The van der Waals surface area contributed by atoms with Crippen molar-refractivity contribution in [1.82, 2.24) is 0 Å². The van der Waals surface area contributed by atoms with Crippen molar-refractivity contribution in [3.63, 3.8) is 0 Å². The quantitative estimate of drug-likeness (QED) is 0.676. The van der Waals surface area contributed by atoms with Crippen molar-refractivity contribution in [1.29, 1.82) is 0 Å². The minimum absolute atomic E-state index is 0.118. The first-order valence-corrected chi connectivity index (χ1v) is 6.12. The van der Waals surface area contributed by atoms with Crippen molar-refractivity contribution in [2.24, 2.45) is 0 Å². The molecule has 0 heterocycles. The predicted octanol–water partition coefficient (Wildman–Crippen LogP) is 3.36. The number of amides is 2. The number of anilines is 2. The van der Waals surface area contributed by atoms with Crippen LogP contribution in [-0.4, -0.2) is 16.2 Å². The minimum atomic E-state index is -0.441. The number of aromatic hydroxyl groups is 2. The second kappa shape index (κ2) is 5.52. The molecule has 104 valence electrons. The van der Waals surface area contributed by atoms with Gasteiger partial charge in [-0.2, -0.15) is 0 Å². The third-order valence-corrected chi connectivity index (χ3v) is 2.80. The van der Waals surface area contributed by atoms with Crippen LogP contribution in [0.1, 0.15) is 11.1 Å². The Balaban J connectivity index is 2.11. The van der Waals surface area contributed by atoms with Crippen LogP contribution < -0.4 is 10.6 Å². The van der Waals surface area contributed by atoms with E-state index >= 15 is 0 Å². The monoisotopic (exact) mass is 272 g/mol. The SMILES string of the molecule is Cc1ccc(C)c(NC(=O)Nc2cc(O)cc(O)c2)c1. The summed E-state index contributed by atoms with van der Waals surface area (Å²) in [4.78, 5) is 11.9. The molecule has 2 amide bonds. The first-order valence-electron chi connectivity index (χ1n) is 6.12. The van der Waals surface area contributed by atoms with E-state index in [0.717, 1.165) is 11.1 Å². The molecule has 2 rings (SSSR count). The van der Waals surface area contributed by atoms with E-state index in [1.165, 1.54) is 18.2 Å². The molecule has 0 atom stereocenters. The van der Waals surface area contributed by atoms with E-state index in [1.54, 1.807) is 0 Å². The van der Waals surface area contributed by atoms with E-state index in [-0.39, 0.29) is 11.5 Å². The van der Waals surface area contributed by atoms with E-state index in [0.29, 0.717) is 11.4 Å². The molecule has 0 spiro atoms. The summed E-state index contributed by atoms with van der Waals surface area (Å²) in [6, 6.07) is 9.20. The standard InChI is InChI=1S/C15H16N2O3/c1-9-3-4-10(2)14(5-9)17-15(20)16-11-6-12(18)8-13(19)7-11/h3-8,18-19H,1-2H3,(H2,16,17,20). The van der Waals surface area contributed by atoms with Crippen LogP contribution in [0.5, 0.6) is 11.5 Å². The van der Waals surface area contributed by atoms with Crippen LogP contribution in [0.25, 0.3) is 0 Å². The predicted molar refractivity (Wildman–Crippen MR) is 78.3 cm³/mol. The van der Waals surface area contributed by atoms with Crippen molar-refractivity contribution in [3.8, 4) is 11.5 Å². The van der Waals surface area contributed by atoms with Gasteiger partial charge in [0.2, 0.25) is 0 Å². The van der Waals surface area contributed by atoms with Gasteiger partial charge in [0.05, 0.1) is 0 Å². The Hall–Kier alpha value is -2.69. The van der Waals surface area contributed by atoms with E-state index in [4.69, 9.17) is 0 Å². The van der Waals surface area contributed by atoms with Crippen LogP contribution >= 0.6 is 0 Å². The van der Waals surface area contributed by atoms with Crippen molar-refractivity contribution in [3.05, 3.63) is 47.5 Å². The summed E-state index contributed by atoms with van der Waals surface area (Å²) >= 11 is 0. The Morgan fingerprint density at radius 1 is 0.950 bits per heavy atom. The molecule has 2 aromatic rings. The van der Waals surface area contributed by atoms with Gasteiger partial charge >= 0.3 is 6.03 Å². The molecule has 0 radical (unpaired) electrons. The molecular formula is C15H16N2O3. The van der Waals surface area contributed by atoms with E-state index in [2.05, 4.69) is 10.6 Å². The lowest BCUT2D eigenvalue weighted by Gasteiger charge is -2.11. The fourth-order valence-electron chi connectivity index (χ4n) is 1.82. The van der Waals surface area contributed by atoms with Crippen molar-refractivity contribution in [2.45, 2.75) is 13.8 Å². The number of hydrogen-bond donors (Lipinski definition) is 4.